The largest absolute Gasteiger partial charge is 0.397 e. The van der Waals surface area contributed by atoms with Crippen LogP contribution in [-0.2, 0) is 17.8 Å². The maximum absolute atomic E-state index is 11.7. The molecule has 0 spiro atoms. The zero-order chi connectivity index (χ0) is 17.1. The molecule has 0 aliphatic carbocycles. The molecule has 4 rings (SSSR count). The highest BCUT2D eigenvalue weighted by molar-refractivity contribution is 7.21. The summed E-state index contributed by atoms with van der Waals surface area (Å²) in [6, 6.07) is 0. The highest BCUT2D eigenvalue weighted by Crippen LogP contribution is 2.43. The Kier molecular flexibility index (Phi) is 3.47. The van der Waals surface area contributed by atoms with Crippen molar-refractivity contribution in [3.05, 3.63) is 16.0 Å². The fourth-order valence-electron chi connectivity index (χ4n) is 3.72. The molecular weight excluding hydrogens is 324 g/mol. The summed E-state index contributed by atoms with van der Waals surface area (Å²) in [4.78, 5) is 20.1. The van der Waals surface area contributed by atoms with Crippen molar-refractivity contribution >= 4 is 39.0 Å². The van der Waals surface area contributed by atoms with Crippen molar-refractivity contribution in [1.29, 1.82) is 0 Å². The van der Waals surface area contributed by atoms with Crippen molar-refractivity contribution in [3.8, 4) is 0 Å². The van der Waals surface area contributed by atoms with Crippen LogP contribution in [0.5, 0.6) is 0 Å². The Morgan fingerprint density at radius 2 is 2.00 bits per heavy atom. The molecule has 2 aromatic heterocycles. The van der Waals surface area contributed by atoms with Gasteiger partial charge in [-0.05, 0) is 32.3 Å². The van der Waals surface area contributed by atoms with Gasteiger partial charge >= 0.3 is 0 Å². The van der Waals surface area contributed by atoms with Gasteiger partial charge in [-0.15, -0.1) is 11.3 Å². The molecule has 2 aliphatic heterocycles. The summed E-state index contributed by atoms with van der Waals surface area (Å²) in [5, 5.41) is 0.892. The van der Waals surface area contributed by atoms with Crippen LogP contribution in [0.25, 0.3) is 10.2 Å². The number of hydrogen-bond donors (Lipinski definition) is 2. The Labute approximate surface area is 144 Å². The summed E-state index contributed by atoms with van der Waals surface area (Å²) in [5.74, 6) is 0.501. The monoisotopic (exact) mass is 346 g/mol. The molecule has 24 heavy (non-hydrogen) atoms. The third kappa shape index (κ3) is 2.34. The molecule has 2 aliphatic rings. The van der Waals surface area contributed by atoms with Crippen LogP contribution in [0.3, 0.4) is 0 Å². The number of thiophene rings is 1. The van der Waals surface area contributed by atoms with E-state index in [1.54, 1.807) is 0 Å². The van der Waals surface area contributed by atoms with E-state index in [1.165, 1.54) is 29.7 Å². The molecule has 0 unspecified atom stereocenters. The quantitative estimate of drug-likeness (QED) is 0.871. The number of hydrogen-bond acceptors (Lipinski definition) is 6. The maximum Gasteiger partial charge on any atom is 0.260 e. The molecule has 0 bridgehead atoms. The lowest BCUT2D eigenvalue weighted by atomic mass is 9.90. The summed E-state index contributed by atoms with van der Waals surface area (Å²) in [6.07, 6.45) is 3.11. The normalized spacial score (nSPS) is 19.7. The second-order valence-corrected chi connectivity index (χ2v) is 8.20. The van der Waals surface area contributed by atoms with Gasteiger partial charge in [-0.1, -0.05) is 0 Å². The molecule has 0 saturated carbocycles. The van der Waals surface area contributed by atoms with Crippen molar-refractivity contribution in [3.63, 3.8) is 0 Å². The van der Waals surface area contributed by atoms with Gasteiger partial charge in [-0.2, -0.15) is 0 Å². The van der Waals surface area contributed by atoms with Crippen LogP contribution < -0.4 is 16.4 Å². The molecule has 0 radical (unpaired) electrons. The highest BCUT2D eigenvalue weighted by atomic mass is 32.1. The first-order chi connectivity index (χ1) is 11.4. The van der Waals surface area contributed by atoms with Crippen molar-refractivity contribution < 1.29 is 9.53 Å². The van der Waals surface area contributed by atoms with E-state index in [4.69, 9.17) is 21.2 Å². The molecule has 4 heterocycles. The van der Waals surface area contributed by atoms with E-state index < -0.39 is 5.91 Å². The number of pyridine rings is 1. The lowest BCUT2D eigenvalue weighted by Crippen LogP contribution is -2.34. The zero-order valence-corrected chi connectivity index (χ0v) is 14.8. The standard InChI is InChI=1S/C17H22N4O2S/c1-17(2)7-9-10(8-23-17)15(21-5-3-4-6-21)20-16-11(9)12(18)13(24-16)14(19)22/h3-8,18H2,1-2H3,(H2,19,22). The zero-order valence-electron chi connectivity index (χ0n) is 14.0. The van der Waals surface area contributed by atoms with Crippen molar-refractivity contribution in [2.24, 2.45) is 5.73 Å². The van der Waals surface area contributed by atoms with E-state index in [-0.39, 0.29) is 5.60 Å². The molecule has 0 aromatic carbocycles. The Bertz CT molecular complexity index is 837. The Morgan fingerprint density at radius 3 is 2.67 bits per heavy atom. The fraction of sp³-hybridized carbons (Fsp3) is 0.529. The molecule has 1 saturated heterocycles. The number of aromatic nitrogens is 1. The maximum atomic E-state index is 11.7. The molecule has 7 heteroatoms. The predicted octanol–water partition coefficient (Wildman–Crippen LogP) is 2.43. The number of carbonyl (C=O) groups is 1. The molecule has 6 nitrogen and oxygen atoms in total. The third-order valence-electron chi connectivity index (χ3n) is 4.91. The number of fused-ring (bicyclic) bond motifs is 3. The number of carbonyl (C=O) groups excluding carboxylic acids is 1. The number of anilines is 2. The topological polar surface area (TPSA) is 94.5 Å². The molecule has 2 aromatic rings. The molecule has 1 fully saturated rings. The molecule has 0 atom stereocenters. The molecule has 1 amide bonds. The van der Waals surface area contributed by atoms with Gasteiger partial charge in [0.1, 0.15) is 15.5 Å². The molecular formula is C17H22N4O2S. The minimum Gasteiger partial charge on any atom is -0.397 e. The van der Waals surface area contributed by atoms with Gasteiger partial charge in [0.25, 0.3) is 5.91 Å². The Balaban J connectivity index is 2.00. The van der Waals surface area contributed by atoms with Gasteiger partial charge in [0.05, 0.1) is 17.9 Å². The number of nitrogens with two attached hydrogens (primary N) is 2. The van der Waals surface area contributed by atoms with Gasteiger partial charge in [-0.3, -0.25) is 4.79 Å². The van der Waals surface area contributed by atoms with E-state index in [0.29, 0.717) is 17.2 Å². The summed E-state index contributed by atoms with van der Waals surface area (Å²) in [6.45, 7) is 6.71. The number of nitrogens with zero attached hydrogens (tertiary/aromatic N) is 2. The van der Waals surface area contributed by atoms with Crippen molar-refractivity contribution in [2.45, 2.75) is 45.3 Å². The van der Waals surface area contributed by atoms with Gasteiger partial charge in [0.15, 0.2) is 0 Å². The second kappa shape index (κ2) is 5.32. The van der Waals surface area contributed by atoms with Crippen LogP contribution in [0.1, 0.15) is 47.5 Å². The Hall–Kier alpha value is -1.86. The average molecular weight is 346 g/mol. The lowest BCUT2D eigenvalue weighted by molar-refractivity contribution is -0.0395. The first-order valence-electron chi connectivity index (χ1n) is 8.30. The van der Waals surface area contributed by atoms with E-state index in [0.717, 1.165) is 41.1 Å². The summed E-state index contributed by atoms with van der Waals surface area (Å²) in [5.41, 5.74) is 14.3. The van der Waals surface area contributed by atoms with Crippen LogP contribution >= 0.6 is 11.3 Å². The van der Waals surface area contributed by atoms with Gasteiger partial charge in [0, 0.05) is 30.5 Å². The average Bonchev–Trinajstić information content (AvgIpc) is 3.13. The van der Waals surface area contributed by atoms with Crippen molar-refractivity contribution in [1.82, 2.24) is 4.98 Å². The first-order valence-corrected chi connectivity index (χ1v) is 9.11. The number of rotatable bonds is 2. The number of primary amides is 1. The summed E-state index contributed by atoms with van der Waals surface area (Å²) < 4.78 is 6.04. The SMILES string of the molecule is CC1(C)Cc2c(c(N3CCCC3)nc3sc(C(N)=O)c(N)c23)CO1. The van der Waals surface area contributed by atoms with Crippen LogP contribution in [0.15, 0.2) is 0 Å². The number of amides is 1. The van der Waals surface area contributed by atoms with E-state index >= 15 is 0 Å². The summed E-state index contributed by atoms with van der Waals surface area (Å²) in [7, 11) is 0. The van der Waals surface area contributed by atoms with E-state index in [2.05, 4.69) is 18.7 Å². The minimum absolute atomic E-state index is 0.259. The lowest BCUT2D eigenvalue weighted by Gasteiger charge is -2.34. The van der Waals surface area contributed by atoms with Crippen LogP contribution in [0.2, 0.25) is 0 Å². The van der Waals surface area contributed by atoms with Crippen LogP contribution in [0.4, 0.5) is 11.5 Å². The highest BCUT2D eigenvalue weighted by Gasteiger charge is 2.33. The first kappa shape index (κ1) is 15.7. The predicted molar refractivity (Wildman–Crippen MR) is 96.6 cm³/mol. The Morgan fingerprint density at radius 1 is 1.29 bits per heavy atom. The second-order valence-electron chi connectivity index (χ2n) is 7.20. The molecule has 128 valence electrons. The van der Waals surface area contributed by atoms with E-state index in [9.17, 15) is 4.79 Å². The van der Waals surface area contributed by atoms with Gasteiger partial charge in [-0.25, -0.2) is 4.98 Å². The van der Waals surface area contributed by atoms with Gasteiger partial charge in [0.2, 0.25) is 0 Å². The number of nitrogen functional groups attached to an aromatic ring is 1. The minimum atomic E-state index is -0.488. The van der Waals surface area contributed by atoms with Crippen LogP contribution in [-0.4, -0.2) is 29.6 Å². The van der Waals surface area contributed by atoms with Gasteiger partial charge < -0.3 is 21.1 Å². The van der Waals surface area contributed by atoms with Crippen molar-refractivity contribution in [2.75, 3.05) is 23.7 Å². The van der Waals surface area contributed by atoms with E-state index in [1.807, 2.05) is 0 Å². The number of ether oxygens (including phenoxy) is 1. The summed E-state index contributed by atoms with van der Waals surface area (Å²) >= 11 is 1.30. The fourth-order valence-corrected chi connectivity index (χ4v) is 4.69. The third-order valence-corrected chi connectivity index (χ3v) is 6.02. The molecule has 4 N–H and O–H groups in total. The van der Waals surface area contributed by atoms with Crippen LogP contribution in [0, 0.1) is 0 Å². The smallest absolute Gasteiger partial charge is 0.260 e.